The van der Waals surface area contributed by atoms with E-state index in [1.807, 2.05) is 24.4 Å². The number of benzene rings is 2. The predicted octanol–water partition coefficient (Wildman–Crippen LogP) is 6.83. The molecule has 0 saturated carbocycles. The highest BCUT2D eigenvalue weighted by Gasteiger charge is 2.36. The van der Waals surface area contributed by atoms with Crippen LogP contribution in [0.5, 0.6) is 0 Å². The Morgan fingerprint density at radius 1 is 0.971 bits per heavy atom. The van der Waals surface area contributed by atoms with Gasteiger partial charge >= 0.3 is 6.03 Å². The predicted molar refractivity (Wildman–Crippen MR) is 129 cm³/mol. The number of nitrogens with one attached hydrogen (secondary N) is 1. The molecule has 0 unspecified atom stereocenters. The van der Waals surface area contributed by atoms with Crippen LogP contribution in [0.25, 0.3) is 5.00 Å². The molecule has 34 heavy (non-hydrogen) atoms. The molecule has 0 fully saturated rings. The monoisotopic (exact) mass is 475 g/mol. The van der Waals surface area contributed by atoms with Crippen molar-refractivity contribution in [1.29, 1.82) is 0 Å². The molecular formula is C27H23F2N3OS. The van der Waals surface area contributed by atoms with Crippen LogP contribution in [0.2, 0.25) is 0 Å². The van der Waals surface area contributed by atoms with E-state index in [-0.39, 0.29) is 11.5 Å². The molecule has 4 nitrogen and oxygen atoms in total. The second kappa shape index (κ2) is 8.40. The molecule has 0 spiro atoms. The van der Waals surface area contributed by atoms with Crippen molar-refractivity contribution >= 4 is 23.1 Å². The van der Waals surface area contributed by atoms with Crippen LogP contribution < -0.4 is 5.32 Å². The number of amides is 2. The summed E-state index contributed by atoms with van der Waals surface area (Å²) < 4.78 is 30.8. The maximum atomic E-state index is 14.4. The fourth-order valence-corrected chi connectivity index (χ4v) is 6.57. The Bertz CT molecular complexity index is 1390. The summed E-state index contributed by atoms with van der Waals surface area (Å²) in [6.45, 7) is 0.365. The largest absolute Gasteiger partial charge is 0.323 e. The average molecular weight is 476 g/mol. The Kier molecular flexibility index (Phi) is 5.21. The number of halogens is 2. The molecule has 172 valence electrons. The number of nitrogens with zero attached hydrogens (tertiary/aromatic N) is 2. The fourth-order valence-electron chi connectivity index (χ4n) is 5.16. The summed E-state index contributed by atoms with van der Waals surface area (Å²) in [5.41, 5.74) is 4.14. The first-order chi connectivity index (χ1) is 16.6. The number of hydrogen-bond donors (Lipinski definition) is 1. The van der Waals surface area contributed by atoms with Crippen molar-refractivity contribution in [3.05, 3.63) is 106 Å². The van der Waals surface area contributed by atoms with Gasteiger partial charge in [0.05, 0.1) is 24.0 Å². The van der Waals surface area contributed by atoms with E-state index >= 15 is 0 Å². The third-order valence-electron chi connectivity index (χ3n) is 6.72. The van der Waals surface area contributed by atoms with Gasteiger partial charge in [-0.1, -0.05) is 24.3 Å². The number of carbonyl (C=O) groups is 1. The Hall–Kier alpha value is -3.45. The van der Waals surface area contributed by atoms with Crippen LogP contribution in [-0.4, -0.2) is 15.5 Å². The first kappa shape index (κ1) is 21.1. The summed E-state index contributed by atoms with van der Waals surface area (Å²) in [7, 11) is 0. The van der Waals surface area contributed by atoms with Crippen LogP contribution in [0.15, 0.2) is 66.9 Å². The normalized spacial score (nSPS) is 16.9. The van der Waals surface area contributed by atoms with E-state index < -0.39 is 17.9 Å². The molecule has 4 aromatic rings. The van der Waals surface area contributed by atoms with Crippen LogP contribution in [0.1, 0.15) is 46.1 Å². The fraction of sp³-hybridized carbons (Fsp3) is 0.222. The smallest absolute Gasteiger partial charge is 0.310 e. The third-order valence-corrected chi connectivity index (χ3v) is 8.05. The molecule has 1 atom stereocenters. The molecule has 6 rings (SSSR count). The van der Waals surface area contributed by atoms with Gasteiger partial charge in [-0.15, -0.1) is 11.3 Å². The van der Waals surface area contributed by atoms with E-state index in [9.17, 15) is 13.6 Å². The Morgan fingerprint density at radius 2 is 1.82 bits per heavy atom. The minimum absolute atomic E-state index is 0.123. The molecule has 3 heterocycles. The lowest BCUT2D eigenvalue weighted by Gasteiger charge is -2.31. The number of aryl methyl sites for hydroxylation is 1. The first-order valence-corrected chi connectivity index (χ1v) is 12.3. The summed E-state index contributed by atoms with van der Waals surface area (Å²) in [4.78, 5) is 16.8. The topological polar surface area (TPSA) is 37.3 Å². The zero-order chi connectivity index (χ0) is 23.2. The first-order valence-electron chi connectivity index (χ1n) is 11.5. The summed E-state index contributed by atoms with van der Waals surface area (Å²) in [6, 6.07) is 15.5. The maximum absolute atomic E-state index is 14.4. The van der Waals surface area contributed by atoms with Crippen molar-refractivity contribution in [2.75, 3.05) is 5.32 Å². The van der Waals surface area contributed by atoms with Crippen molar-refractivity contribution in [1.82, 2.24) is 9.47 Å². The van der Waals surface area contributed by atoms with Gasteiger partial charge in [0.15, 0.2) is 0 Å². The van der Waals surface area contributed by atoms with Crippen LogP contribution in [0.3, 0.4) is 0 Å². The molecule has 0 saturated heterocycles. The van der Waals surface area contributed by atoms with E-state index in [0.717, 1.165) is 35.5 Å². The van der Waals surface area contributed by atoms with Gasteiger partial charge in [-0.2, -0.15) is 0 Å². The molecule has 2 amide bonds. The number of urea groups is 1. The van der Waals surface area contributed by atoms with Crippen molar-refractivity contribution in [2.24, 2.45) is 0 Å². The van der Waals surface area contributed by atoms with Gasteiger partial charge < -0.3 is 14.8 Å². The number of aromatic nitrogens is 1. The number of hydrogen-bond acceptors (Lipinski definition) is 2. The molecule has 1 aliphatic carbocycles. The van der Waals surface area contributed by atoms with Crippen molar-refractivity contribution < 1.29 is 13.6 Å². The summed E-state index contributed by atoms with van der Waals surface area (Å²) in [6.07, 6.45) is 6.36. The highest BCUT2D eigenvalue weighted by Crippen LogP contribution is 2.44. The molecule has 0 radical (unpaired) electrons. The maximum Gasteiger partial charge on any atom is 0.323 e. The Labute approximate surface area is 200 Å². The SMILES string of the molecule is O=C(Nc1ccccc1F)N1Cc2c(sc3c2CCCC3)-n2cccc2[C@H]1c1cccc(F)c1. The lowest BCUT2D eigenvalue weighted by atomic mass is 9.95. The standard InChI is InChI=1S/C27H23F2N3OS/c28-18-8-5-7-17(15-18)25-23-12-6-14-31(23)26-20(19-9-1-4-13-24(19)34-26)16-32(25)27(33)30-22-11-3-2-10-21(22)29/h2-3,5-8,10-12,14-15,25H,1,4,9,13,16H2,(H,30,33)/t25-/m1/s1. The van der Waals surface area contributed by atoms with Gasteiger partial charge in [0, 0.05) is 16.6 Å². The average Bonchev–Trinajstić information content (AvgIpc) is 3.42. The van der Waals surface area contributed by atoms with Crippen molar-refractivity contribution in [3.63, 3.8) is 0 Å². The summed E-state index contributed by atoms with van der Waals surface area (Å²) in [5.74, 6) is -0.855. The van der Waals surface area contributed by atoms with E-state index in [1.165, 1.54) is 35.1 Å². The Balaban J connectivity index is 1.51. The number of rotatable bonds is 2. The molecule has 2 aromatic carbocycles. The zero-order valence-electron chi connectivity index (χ0n) is 18.4. The number of thiophene rings is 1. The summed E-state index contributed by atoms with van der Waals surface area (Å²) in [5, 5.41) is 3.88. The van der Waals surface area contributed by atoms with Crippen LogP contribution in [-0.2, 0) is 19.4 Å². The molecule has 2 aromatic heterocycles. The van der Waals surface area contributed by atoms with Crippen molar-refractivity contribution in [2.45, 2.75) is 38.3 Å². The molecule has 0 bridgehead atoms. The number of carbonyl (C=O) groups excluding carboxylic acids is 1. The van der Waals surface area contributed by atoms with Gasteiger partial charge in [-0.25, -0.2) is 13.6 Å². The third kappa shape index (κ3) is 3.51. The molecule has 2 aliphatic rings. The minimum atomic E-state index is -0.531. The van der Waals surface area contributed by atoms with Gasteiger partial charge in [-0.05, 0) is 73.2 Å². The van der Waals surface area contributed by atoms with Gasteiger partial charge in [-0.3, -0.25) is 0 Å². The second-order valence-electron chi connectivity index (χ2n) is 8.79. The lowest BCUT2D eigenvalue weighted by molar-refractivity contribution is 0.194. The number of para-hydroxylation sites is 1. The summed E-state index contributed by atoms with van der Waals surface area (Å²) >= 11 is 1.79. The van der Waals surface area contributed by atoms with Gasteiger partial charge in [0.2, 0.25) is 0 Å². The number of fused-ring (bicyclic) bond motifs is 5. The lowest BCUT2D eigenvalue weighted by Crippen LogP contribution is -2.38. The van der Waals surface area contributed by atoms with Gasteiger partial charge in [0.1, 0.15) is 16.6 Å². The highest BCUT2D eigenvalue weighted by atomic mass is 32.1. The minimum Gasteiger partial charge on any atom is -0.310 e. The van der Waals surface area contributed by atoms with Gasteiger partial charge in [0.25, 0.3) is 0 Å². The highest BCUT2D eigenvalue weighted by molar-refractivity contribution is 7.15. The van der Waals surface area contributed by atoms with E-state index in [2.05, 4.69) is 9.88 Å². The second-order valence-corrected chi connectivity index (χ2v) is 9.88. The van der Waals surface area contributed by atoms with E-state index in [1.54, 1.807) is 40.5 Å². The van der Waals surface area contributed by atoms with Crippen molar-refractivity contribution in [3.8, 4) is 5.00 Å². The Morgan fingerprint density at radius 3 is 2.68 bits per heavy atom. The van der Waals surface area contributed by atoms with E-state index in [0.29, 0.717) is 12.1 Å². The molecule has 7 heteroatoms. The van der Waals surface area contributed by atoms with Crippen LogP contribution >= 0.6 is 11.3 Å². The van der Waals surface area contributed by atoms with Crippen LogP contribution in [0, 0.1) is 11.6 Å². The van der Waals surface area contributed by atoms with Crippen LogP contribution in [0.4, 0.5) is 19.3 Å². The zero-order valence-corrected chi connectivity index (χ0v) is 19.2. The quantitative estimate of drug-likeness (QED) is 0.339. The van der Waals surface area contributed by atoms with E-state index in [4.69, 9.17) is 0 Å². The molecule has 1 N–H and O–H groups in total. The molecular weight excluding hydrogens is 452 g/mol. The number of anilines is 1. The molecule has 1 aliphatic heterocycles.